The maximum atomic E-state index is 12.1. The molecule has 1 fully saturated rings. The molecule has 1 aliphatic rings. The van der Waals surface area contributed by atoms with Gasteiger partial charge in [-0.25, -0.2) is 0 Å². The molecule has 0 saturated heterocycles. The summed E-state index contributed by atoms with van der Waals surface area (Å²) in [7, 11) is 0. The van der Waals surface area contributed by atoms with Gasteiger partial charge < -0.3 is 5.73 Å². The Morgan fingerprint density at radius 1 is 1.06 bits per heavy atom. The van der Waals surface area contributed by atoms with Crippen molar-refractivity contribution >= 4 is 11.5 Å². The van der Waals surface area contributed by atoms with Gasteiger partial charge in [0.1, 0.15) is 0 Å². The molecule has 0 unspecified atom stereocenters. The molecule has 0 bridgehead atoms. The minimum Gasteiger partial charge on any atom is -0.399 e. The van der Waals surface area contributed by atoms with E-state index < -0.39 is 0 Å². The molecular formula is C15H21NO. The quantitative estimate of drug-likeness (QED) is 0.488. The second-order valence-corrected chi connectivity index (χ2v) is 5.11. The Labute approximate surface area is 103 Å². The zero-order valence-electron chi connectivity index (χ0n) is 10.3. The molecule has 92 valence electrons. The molecule has 1 aromatic carbocycles. The van der Waals surface area contributed by atoms with Crippen LogP contribution in [0.1, 0.15) is 55.3 Å². The molecule has 0 amide bonds. The number of carbonyl (C=O) groups is 1. The van der Waals surface area contributed by atoms with Gasteiger partial charge in [-0.1, -0.05) is 38.5 Å². The fourth-order valence-corrected chi connectivity index (χ4v) is 2.62. The third-order valence-electron chi connectivity index (χ3n) is 3.68. The summed E-state index contributed by atoms with van der Waals surface area (Å²) in [5, 5.41) is 0. The Bertz CT molecular complexity index is 361. The lowest BCUT2D eigenvalue weighted by molar-refractivity contribution is 0.0957. The zero-order valence-corrected chi connectivity index (χ0v) is 10.3. The number of hydrogen-bond acceptors (Lipinski definition) is 2. The normalized spacial score (nSPS) is 17.6. The van der Waals surface area contributed by atoms with Crippen LogP contribution in [0.15, 0.2) is 24.3 Å². The number of anilines is 1. The number of nitrogens with two attached hydrogens (primary N) is 1. The number of Topliss-reactive ketones (excluding diaryl/α,β-unsaturated/α-hetero) is 1. The van der Waals surface area contributed by atoms with Crippen molar-refractivity contribution in [3.05, 3.63) is 29.8 Å². The van der Waals surface area contributed by atoms with Crippen molar-refractivity contribution in [2.45, 2.75) is 44.9 Å². The van der Waals surface area contributed by atoms with Gasteiger partial charge >= 0.3 is 0 Å². The van der Waals surface area contributed by atoms with Crippen LogP contribution in [0.5, 0.6) is 0 Å². The largest absolute Gasteiger partial charge is 0.399 e. The van der Waals surface area contributed by atoms with Crippen molar-refractivity contribution in [1.29, 1.82) is 0 Å². The summed E-state index contributed by atoms with van der Waals surface area (Å²) >= 11 is 0. The standard InChI is InChI=1S/C15H21NO/c16-14-9-7-13(8-10-14)15(17)11-12-5-3-1-2-4-6-12/h7-10,12H,1-6,11,16H2. The van der Waals surface area contributed by atoms with Crippen LogP contribution in [0, 0.1) is 5.92 Å². The first-order valence-corrected chi connectivity index (χ1v) is 6.64. The lowest BCUT2D eigenvalue weighted by atomic mass is 9.92. The molecule has 2 nitrogen and oxygen atoms in total. The minimum atomic E-state index is 0.275. The Hall–Kier alpha value is -1.31. The summed E-state index contributed by atoms with van der Waals surface area (Å²) in [5.41, 5.74) is 7.15. The number of benzene rings is 1. The first kappa shape index (κ1) is 12.2. The van der Waals surface area contributed by atoms with Gasteiger partial charge in [0, 0.05) is 17.7 Å². The number of ketones is 1. The molecule has 0 heterocycles. The van der Waals surface area contributed by atoms with Gasteiger partial charge in [0.15, 0.2) is 5.78 Å². The smallest absolute Gasteiger partial charge is 0.163 e. The summed E-state index contributed by atoms with van der Waals surface area (Å²) in [4.78, 5) is 12.1. The highest BCUT2D eigenvalue weighted by Crippen LogP contribution is 2.26. The van der Waals surface area contributed by atoms with Crippen LogP contribution < -0.4 is 5.73 Å². The molecule has 2 rings (SSSR count). The van der Waals surface area contributed by atoms with Crippen molar-refractivity contribution in [3.8, 4) is 0 Å². The lowest BCUT2D eigenvalue weighted by Crippen LogP contribution is -2.08. The maximum absolute atomic E-state index is 12.1. The Kier molecular flexibility index (Phi) is 4.18. The van der Waals surface area contributed by atoms with Crippen LogP contribution in [0.25, 0.3) is 0 Å². The minimum absolute atomic E-state index is 0.275. The van der Waals surface area contributed by atoms with Crippen molar-refractivity contribution in [1.82, 2.24) is 0 Å². The van der Waals surface area contributed by atoms with Crippen molar-refractivity contribution < 1.29 is 4.79 Å². The van der Waals surface area contributed by atoms with E-state index in [1.807, 2.05) is 12.1 Å². The molecule has 0 radical (unpaired) electrons. The van der Waals surface area contributed by atoms with Crippen LogP contribution >= 0.6 is 0 Å². The maximum Gasteiger partial charge on any atom is 0.163 e. The van der Waals surface area contributed by atoms with Crippen molar-refractivity contribution in [3.63, 3.8) is 0 Å². The predicted octanol–water partition coefficient (Wildman–Crippen LogP) is 3.81. The third-order valence-corrected chi connectivity index (χ3v) is 3.68. The monoisotopic (exact) mass is 231 g/mol. The van der Waals surface area contributed by atoms with Gasteiger partial charge in [0.2, 0.25) is 0 Å². The SMILES string of the molecule is Nc1ccc(C(=O)CC2CCCCCC2)cc1. The predicted molar refractivity (Wildman–Crippen MR) is 71.0 cm³/mol. The second kappa shape index (κ2) is 5.85. The van der Waals surface area contributed by atoms with Crippen LogP contribution in [-0.4, -0.2) is 5.78 Å². The van der Waals surface area contributed by atoms with Gasteiger partial charge in [-0.3, -0.25) is 4.79 Å². The Morgan fingerprint density at radius 3 is 2.24 bits per heavy atom. The van der Waals surface area contributed by atoms with E-state index in [2.05, 4.69) is 0 Å². The molecule has 2 heteroatoms. The van der Waals surface area contributed by atoms with Gasteiger partial charge in [-0.15, -0.1) is 0 Å². The first-order valence-electron chi connectivity index (χ1n) is 6.64. The molecule has 0 spiro atoms. The molecule has 0 atom stereocenters. The fraction of sp³-hybridized carbons (Fsp3) is 0.533. The fourth-order valence-electron chi connectivity index (χ4n) is 2.62. The van der Waals surface area contributed by atoms with E-state index in [4.69, 9.17) is 5.73 Å². The number of hydrogen-bond donors (Lipinski definition) is 1. The summed E-state index contributed by atoms with van der Waals surface area (Å²) in [5.74, 6) is 0.874. The highest BCUT2D eigenvalue weighted by Gasteiger charge is 2.16. The van der Waals surface area contributed by atoms with Gasteiger partial charge in [-0.2, -0.15) is 0 Å². The topological polar surface area (TPSA) is 43.1 Å². The Morgan fingerprint density at radius 2 is 1.65 bits per heavy atom. The average molecular weight is 231 g/mol. The molecule has 2 N–H and O–H groups in total. The number of nitrogen functional groups attached to an aromatic ring is 1. The van der Waals surface area contributed by atoms with Gasteiger partial charge in [0.05, 0.1) is 0 Å². The zero-order chi connectivity index (χ0) is 12.1. The third kappa shape index (κ3) is 3.58. The second-order valence-electron chi connectivity index (χ2n) is 5.11. The first-order chi connectivity index (χ1) is 8.25. The van der Waals surface area contributed by atoms with E-state index in [-0.39, 0.29) is 5.78 Å². The number of carbonyl (C=O) groups excluding carboxylic acids is 1. The van der Waals surface area contributed by atoms with Crippen LogP contribution in [-0.2, 0) is 0 Å². The van der Waals surface area contributed by atoms with E-state index in [1.165, 1.54) is 38.5 Å². The molecule has 1 saturated carbocycles. The molecule has 1 aromatic rings. The lowest BCUT2D eigenvalue weighted by Gasteiger charge is -2.12. The van der Waals surface area contributed by atoms with E-state index in [1.54, 1.807) is 12.1 Å². The van der Waals surface area contributed by atoms with Gasteiger partial charge in [-0.05, 0) is 30.2 Å². The van der Waals surface area contributed by atoms with E-state index in [0.717, 1.165) is 11.3 Å². The van der Waals surface area contributed by atoms with Crippen molar-refractivity contribution in [2.75, 3.05) is 5.73 Å². The number of rotatable bonds is 3. The molecule has 0 aliphatic heterocycles. The Balaban J connectivity index is 1.93. The highest BCUT2D eigenvalue weighted by atomic mass is 16.1. The molecule has 0 aromatic heterocycles. The molecule has 17 heavy (non-hydrogen) atoms. The van der Waals surface area contributed by atoms with Gasteiger partial charge in [0.25, 0.3) is 0 Å². The van der Waals surface area contributed by atoms with E-state index in [9.17, 15) is 4.79 Å². The highest BCUT2D eigenvalue weighted by molar-refractivity contribution is 5.96. The van der Waals surface area contributed by atoms with E-state index >= 15 is 0 Å². The van der Waals surface area contributed by atoms with Crippen LogP contribution in [0.2, 0.25) is 0 Å². The van der Waals surface area contributed by atoms with Crippen LogP contribution in [0.3, 0.4) is 0 Å². The van der Waals surface area contributed by atoms with Crippen LogP contribution in [0.4, 0.5) is 5.69 Å². The van der Waals surface area contributed by atoms with Crippen molar-refractivity contribution in [2.24, 2.45) is 5.92 Å². The average Bonchev–Trinajstić information content (AvgIpc) is 2.58. The summed E-state index contributed by atoms with van der Waals surface area (Å²) in [6, 6.07) is 7.30. The molecular weight excluding hydrogens is 210 g/mol. The molecule has 1 aliphatic carbocycles. The summed E-state index contributed by atoms with van der Waals surface area (Å²) in [6.07, 6.45) is 8.42. The summed E-state index contributed by atoms with van der Waals surface area (Å²) in [6.45, 7) is 0. The summed E-state index contributed by atoms with van der Waals surface area (Å²) < 4.78 is 0. The van der Waals surface area contributed by atoms with E-state index in [0.29, 0.717) is 12.3 Å².